The number of nitrogens with zero attached hydrogens (tertiary/aromatic N) is 1. The van der Waals surface area contributed by atoms with Crippen LogP contribution in [-0.2, 0) is 0 Å². The quantitative estimate of drug-likeness (QED) is 0.741. The number of aromatic nitrogens is 1. The van der Waals surface area contributed by atoms with E-state index >= 15 is 0 Å². The van der Waals surface area contributed by atoms with Crippen molar-refractivity contribution in [3.05, 3.63) is 39.4 Å². The number of aromatic carboxylic acids is 1. The van der Waals surface area contributed by atoms with Crippen LogP contribution >= 0.6 is 0 Å². The Morgan fingerprint density at radius 2 is 2.12 bits per heavy atom. The Labute approximate surface area is 143 Å². The average molecular weight is 345 g/mol. The van der Waals surface area contributed by atoms with Crippen molar-refractivity contribution < 1.29 is 14.3 Å². The van der Waals surface area contributed by atoms with E-state index in [1.165, 1.54) is 12.3 Å². The smallest absolute Gasteiger partial charge is 0.341 e. The molecule has 0 radical (unpaired) electrons. The number of rotatable bonds is 3. The van der Waals surface area contributed by atoms with Crippen LogP contribution in [0.2, 0.25) is 0 Å². The van der Waals surface area contributed by atoms with Crippen LogP contribution in [0.1, 0.15) is 53.6 Å². The van der Waals surface area contributed by atoms with Gasteiger partial charge >= 0.3 is 5.97 Å². The Morgan fingerprint density at radius 1 is 1.36 bits per heavy atom. The number of anilines is 1. The predicted molar refractivity (Wildman–Crippen MR) is 92.7 cm³/mol. The lowest BCUT2D eigenvalue weighted by molar-refractivity contribution is 0.0695. The van der Waals surface area contributed by atoms with Crippen molar-refractivity contribution in [3.8, 4) is 0 Å². The molecule has 4 N–H and O–H groups in total. The number of carboxylic acids is 1. The van der Waals surface area contributed by atoms with Crippen molar-refractivity contribution in [1.82, 2.24) is 9.88 Å². The summed E-state index contributed by atoms with van der Waals surface area (Å²) in [5, 5.41) is 12.6. The minimum absolute atomic E-state index is 0.0416. The first-order valence-corrected chi connectivity index (χ1v) is 8.59. The highest BCUT2D eigenvalue weighted by molar-refractivity contribution is 5.97. The highest BCUT2D eigenvalue weighted by atomic mass is 19.1. The number of hydrogen-bond donors (Lipinski definition) is 3. The maximum atomic E-state index is 14.8. The Kier molecular flexibility index (Phi) is 3.76. The molecule has 0 amide bonds. The number of nitrogens with one attached hydrogen (secondary N) is 1. The number of carbonyl (C=O) groups is 1. The van der Waals surface area contributed by atoms with Crippen LogP contribution in [0.15, 0.2) is 17.1 Å². The molecule has 6 nitrogen and oxygen atoms in total. The Hall–Kier alpha value is -2.41. The number of halogens is 1. The van der Waals surface area contributed by atoms with Crippen molar-refractivity contribution in [1.29, 1.82) is 0 Å². The fourth-order valence-electron chi connectivity index (χ4n) is 3.84. The van der Waals surface area contributed by atoms with E-state index in [1.54, 1.807) is 4.57 Å². The summed E-state index contributed by atoms with van der Waals surface area (Å²) in [7, 11) is 0. The summed E-state index contributed by atoms with van der Waals surface area (Å²) in [6, 6.07) is 1.29. The molecule has 0 bridgehead atoms. The number of benzene rings is 1. The molecular formula is C18H20FN3O3. The fourth-order valence-corrected chi connectivity index (χ4v) is 3.84. The summed E-state index contributed by atoms with van der Waals surface area (Å²) in [6.45, 7) is 1.55. The second kappa shape index (κ2) is 5.84. The summed E-state index contributed by atoms with van der Waals surface area (Å²) >= 11 is 0. The number of piperidine rings is 1. The minimum Gasteiger partial charge on any atom is -0.477 e. The van der Waals surface area contributed by atoms with Gasteiger partial charge in [0.15, 0.2) is 0 Å². The lowest BCUT2D eigenvalue weighted by atomic mass is 9.88. The van der Waals surface area contributed by atoms with E-state index in [1.807, 2.05) is 0 Å². The molecule has 1 aromatic heterocycles. The van der Waals surface area contributed by atoms with Crippen molar-refractivity contribution in [2.45, 2.75) is 37.6 Å². The molecule has 25 heavy (non-hydrogen) atoms. The van der Waals surface area contributed by atoms with E-state index in [4.69, 9.17) is 5.73 Å². The number of hydrogen-bond acceptors (Lipinski definition) is 4. The lowest BCUT2D eigenvalue weighted by Gasteiger charge is -2.26. The lowest BCUT2D eigenvalue weighted by Crippen LogP contribution is -2.30. The van der Waals surface area contributed by atoms with Crippen molar-refractivity contribution >= 4 is 22.6 Å². The Balaban J connectivity index is 2.02. The summed E-state index contributed by atoms with van der Waals surface area (Å²) < 4.78 is 16.6. The predicted octanol–water partition coefficient (Wildman–Crippen LogP) is 2.22. The maximum Gasteiger partial charge on any atom is 0.341 e. The molecule has 0 spiro atoms. The van der Waals surface area contributed by atoms with E-state index in [9.17, 15) is 19.1 Å². The van der Waals surface area contributed by atoms with Gasteiger partial charge in [0.05, 0.1) is 16.6 Å². The van der Waals surface area contributed by atoms with Crippen LogP contribution in [-0.4, -0.2) is 28.7 Å². The van der Waals surface area contributed by atoms with Gasteiger partial charge in [-0.25, -0.2) is 9.18 Å². The first kappa shape index (κ1) is 16.1. The van der Waals surface area contributed by atoms with Gasteiger partial charge in [-0.15, -0.1) is 0 Å². The maximum absolute atomic E-state index is 14.8. The topological polar surface area (TPSA) is 97.3 Å². The minimum atomic E-state index is -1.30. The zero-order chi connectivity index (χ0) is 17.7. The number of nitrogen functional groups attached to an aromatic ring is 1. The molecule has 1 aliphatic heterocycles. The summed E-state index contributed by atoms with van der Waals surface area (Å²) in [4.78, 5) is 23.9. The van der Waals surface area contributed by atoms with Gasteiger partial charge < -0.3 is 20.7 Å². The second-order valence-corrected chi connectivity index (χ2v) is 6.94. The molecule has 1 aromatic carbocycles. The third-order valence-electron chi connectivity index (χ3n) is 5.22. The van der Waals surface area contributed by atoms with Crippen LogP contribution in [0.25, 0.3) is 10.9 Å². The molecule has 1 saturated heterocycles. The van der Waals surface area contributed by atoms with E-state index < -0.39 is 17.2 Å². The standard InChI is InChI=1S/C18H20FN3O3/c19-13-6-11-16(15(20)14(13)9-2-1-5-21-7-9)22(10-3-4-10)8-12(17(11)23)18(24)25/h6,8-10,21H,1-5,7,20H2,(H,24,25). The van der Waals surface area contributed by atoms with E-state index in [0.29, 0.717) is 17.6 Å². The van der Waals surface area contributed by atoms with Crippen molar-refractivity contribution in [2.75, 3.05) is 18.8 Å². The molecule has 1 unspecified atom stereocenters. The fraction of sp³-hybridized carbons (Fsp3) is 0.444. The Morgan fingerprint density at radius 3 is 2.72 bits per heavy atom. The monoisotopic (exact) mass is 345 g/mol. The molecule has 7 heteroatoms. The molecule has 2 aliphatic rings. The molecule has 2 fully saturated rings. The highest BCUT2D eigenvalue weighted by Gasteiger charge is 2.30. The molecule has 2 heterocycles. The first-order chi connectivity index (χ1) is 12.0. The van der Waals surface area contributed by atoms with Gasteiger partial charge in [0, 0.05) is 30.3 Å². The van der Waals surface area contributed by atoms with Gasteiger partial charge in [-0.1, -0.05) is 0 Å². The van der Waals surface area contributed by atoms with Crippen molar-refractivity contribution in [3.63, 3.8) is 0 Å². The summed E-state index contributed by atoms with van der Waals surface area (Å²) in [5.74, 6) is -1.87. The number of carboxylic acid groups (broad SMARTS) is 1. The van der Waals surface area contributed by atoms with Crippen LogP contribution in [0.4, 0.5) is 10.1 Å². The van der Waals surface area contributed by atoms with Gasteiger partial charge in [-0.05, 0) is 38.3 Å². The van der Waals surface area contributed by atoms with Crippen LogP contribution < -0.4 is 16.5 Å². The van der Waals surface area contributed by atoms with Gasteiger partial charge in [-0.3, -0.25) is 4.79 Å². The molecule has 2 aromatic rings. The van der Waals surface area contributed by atoms with Crippen molar-refractivity contribution in [2.24, 2.45) is 0 Å². The van der Waals surface area contributed by atoms with E-state index in [-0.39, 0.29) is 28.6 Å². The molecule has 132 valence electrons. The summed E-state index contributed by atoms with van der Waals surface area (Å²) in [5.41, 5.74) is 6.49. The largest absolute Gasteiger partial charge is 0.477 e. The molecular weight excluding hydrogens is 325 g/mol. The molecule has 1 atom stereocenters. The number of nitrogens with two attached hydrogens (primary N) is 1. The normalized spacial score (nSPS) is 20.8. The average Bonchev–Trinajstić information content (AvgIpc) is 3.41. The van der Waals surface area contributed by atoms with Gasteiger partial charge in [0.2, 0.25) is 5.43 Å². The van der Waals surface area contributed by atoms with Crippen LogP contribution in [0, 0.1) is 5.82 Å². The Bertz CT molecular complexity index is 928. The second-order valence-electron chi connectivity index (χ2n) is 6.94. The highest BCUT2D eigenvalue weighted by Crippen LogP contribution is 2.41. The third-order valence-corrected chi connectivity index (χ3v) is 5.22. The van der Waals surface area contributed by atoms with Gasteiger partial charge in [0.1, 0.15) is 11.4 Å². The van der Waals surface area contributed by atoms with Gasteiger partial charge in [-0.2, -0.15) is 0 Å². The first-order valence-electron chi connectivity index (χ1n) is 8.59. The van der Waals surface area contributed by atoms with Gasteiger partial charge in [0.25, 0.3) is 0 Å². The molecule has 1 saturated carbocycles. The number of pyridine rings is 1. The third kappa shape index (κ3) is 2.59. The number of fused-ring (bicyclic) bond motifs is 1. The SMILES string of the molecule is Nc1c(C2CCCNC2)c(F)cc2c(=O)c(C(=O)O)cn(C3CC3)c12. The summed E-state index contributed by atoms with van der Waals surface area (Å²) in [6.07, 6.45) is 4.93. The van der Waals surface area contributed by atoms with E-state index in [0.717, 1.165) is 32.2 Å². The van der Waals surface area contributed by atoms with Crippen LogP contribution in [0.3, 0.4) is 0 Å². The van der Waals surface area contributed by atoms with Crippen LogP contribution in [0.5, 0.6) is 0 Å². The molecule has 1 aliphatic carbocycles. The van der Waals surface area contributed by atoms with E-state index in [2.05, 4.69) is 5.32 Å². The zero-order valence-electron chi connectivity index (χ0n) is 13.7. The zero-order valence-corrected chi connectivity index (χ0v) is 13.7. The molecule has 4 rings (SSSR count).